The molecule has 5 heteroatoms. The number of anilines is 1. The smallest absolute Gasteiger partial charge is 0.265 e. The van der Waals surface area contributed by atoms with Crippen molar-refractivity contribution in [3.8, 4) is 0 Å². The third-order valence-corrected chi connectivity index (χ3v) is 4.15. The summed E-state index contributed by atoms with van der Waals surface area (Å²) in [6.45, 7) is 7.51. The van der Waals surface area contributed by atoms with Crippen LogP contribution in [0, 0.1) is 20.8 Å². The third-order valence-electron chi connectivity index (χ3n) is 3.58. The second-order valence-corrected chi connectivity index (χ2v) is 6.42. The third kappa shape index (κ3) is 3.47. The van der Waals surface area contributed by atoms with E-state index in [9.17, 15) is 9.59 Å². The standard InChI is InChI=1S/C17H19BrN2O2/c1-10-5-6-12(3)15(8-10)19-16(21)13(4)20-9-11(2)7-14(18)17(20)22/h5-9,13H,1-4H3,(H,19,21). The van der Waals surface area contributed by atoms with Crippen molar-refractivity contribution in [1.29, 1.82) is 0 Å². The Bertz CT molecular complexity index is 781. The van der Waals surface area contributed by atoms with Gasteiger partial charge in [0.2, 0.25) is 5.91 Å². The molecule has 0 aliphatic carbocycles. The lowest BCUT2D eigenvalue weighted by Gasteiger charge is -2.17. The van der Waals surface area contributed by atoms with Crippen LogP contribution < -0.4 is 10.9 Å². The minimum atomic E-state index is -0.594. The van der Waals surface area contributed by atoms with E-state index in [1.54, 1.807) is 19.2 Å². The maximum Gasteiger partial charge on any atom is 0.265 e. The van der Waals surface area contributed by atoms with Crippen molar-refractivity contribution in [2.45, 2.75) is 33.7 Å². The summed E-state index contributed by atoms with van der Waals surface area (Å²) < 4.78 is 1.90. The zero-order valence-electron chi connectivity index (χ0n) is 13.1. The van der Waals surface area contributed by atoms with Crippen molar-refractivity contribution in [2.75, 3.05) is 5.32 Å². The van der Waals surface area contributed by atoms with Crippen LogP contribution in [0.15, 0.2) is 39.7 Å². The summed E-state index contributed by atoms with van der Waals surface area (Å²) in [5.41, 5.74) is 3.54. The van der Waals surface area contributed by atoms with E-state index in [2.05, 4.69) is 21.2 Å². The van der Waals surface area contributed by atoms with Crippen LogP contribution in [0.3, 0.4) is 0 Å². The highest BCUT2D eigenvalue weighted by atomic mass is 79.9. The molecule has 2 aromatic rings. The average molecular weight is 363 g/mol. The van der Waals surface area contributed by atoms with Gasteiger partial charge in [-0.25, -0.2) is 0 Å². The van der Waals surface area contributed by atoms with E-state index in [4.69, 9.17) is 0 Å². The van der Waals surface area contributed by atoms with Gasteiger partial charge in [0.25, 0.3) is 5.56 Å². The Labute approximate surface area is 138 Å². The predicted molar refractivity (Wildman–Crippen MR) is 92.4 cm³/mol. The van der Waals surface area contributed by atoms with Gasteiger partial charge in [0.1, 0.15) is 6.04 Å². The zero-order valence-corrected chi connectivity index (χ0v) is 14.7. The zero-order chi connectivity index (χ0) is 16.4. The first kappa shape index (κ1) is 16.5. The number of hydrogen-bond acceptors (Lipinski definition) is 2. The number of benzene rings is 1. The van der Waals surface area contributed by atoms with Gasteiger partial charge in [-0.05, 0) is 72.4 Å². The van der Waals surface area contributed by atoms with E-state index in [1.807, 2.05) is 39.0 Å². The lowest BCUT2D eigenvalue weighted by Crippen LogP contribution is -2.32. The normalized spacial score (nSPS) is 12.0. The first-order valence-corrected chi connectivity index (χ1v) is 7.85. The summed E-state index contributed by atoms with van der Waals surface area (Å²) in [4.78, 5) is 24.6. The Kier molecular flexibility index (Phi) is 4.86. The molecular formula is C17H19BrN2O2. The van der Waals surface area contributed by atoms with Gasteiger partial charge in [0, 0.05) is 11.9 Å². The molecule has 0 radical (unpaired) electrons. The fourth-order valence-corrected chi connectivity index (χ4v) is 2.79. The van der Waals surface area contributed by atoms with Gasteiger partial charge in [0.05, 0.1) is 4.47 Å². The van der Waals surface area contributed by atoms with E-state index >= 15 is 0 Å². The number of carbonyl (C=O) groups excluding carboxylic acids is 1. The van der Waals surface area contributed by atoms with Gasteiger partial charge in [0.15, 0.2) is 0 Å². The van der Waals surface area contributed by atoms with Crippen LogP contribution >= 0.6 is 15.9 Å². The largest absolute Gasteiger partial charge is 0.324 e. The van der Waals surface area contributed by atoms with Crippen molar-refractivity contribution >= 4 is 27.5 Å². The number of carbonyl (C=O) groups is 1. The topological polar surface area (TPSA) is 51.1 Å². The molecule has 0 saturated carbocycles. The van der Waals surface area contributed by atoms with Gasteiger partial charge in [-0.3, -0.25) is 9.59 Å². The van der Waals surface area contributed by atoms with Gasteiger partial charge in [-0.15, -0.1) is 0 Å². The number of hydrogen-bond donors (Lipinski definition) is 1. The van der Waals surface area contributed by atoms with E-state index in [0.29, 0.717) is 4.47 Å². The van der Waals surface area contributed by atoms with E-state index in [1.165, 1.54) is 4.57 Å². The van der Waals surface area contributed by atoms with Crippen molar-refractivity contribution < 1.29 is 4.79 Å². The monoisotopic (exact) mass is 362 g/mol. The molecule has 1 unspecified atom stereocenters. The number of nitrogens with zero attached hydrogens (tertiary/aromatic N) is 1. The molecule has 0 saturated heterocycles. The molecule has 4 nitrogen and oxygen atoms in total. The molecule has 22 heavy (non-hydrogen) atoms. The molecule has 1 aromatic carbocycles. The fraction of sp³-hybridized carbons (Fsp3) is 0.294. The van der Waals surface area contributed by atoms with Crippen LogP contribution in [-0.4, -0.2) is 10.5 Å². The first-order chi connectivity index (χ1) is 10.3. The van der Waals surface area contributed by atoms with Crippen molar-refractivity contribution in [2.24, 2.45) is 0 Å². The van der Waals surface area contributed by atoms with Gasteiger partial charge < -0.3 is 9.88 Å². The molecule has 1 atom stereocenters. The number of nitrogens with one attached hydrogen (secondary N) is 1. The van der Waals surface area contributed by atoms with Gasteiger partial charge in [-0.1, -0.05) is 12.1 Å². The molecule has 116 valence electrons. The number of rotatable bonds is 3. The lowest BCUT2D eigenvalue weighted by molar-refractivity contribution is -0.118. The summed E-state index contributed by atoms with van der Waals surface area (Å²) >= 11 is 3.24. The number of aromatic nitrogens is 1. The van der Waals surface area contributed by atoms with Gasteiger partial charge >= 0.3 is 0 Å². The highest BCUT2D eigenvalue weighted by molar-refractivity contribution is 9.10. The lowest BCUT2D eigenvalue weighted by atomic mass is 10.1. The van der Waals surface area contributed by atoms with Crippen LogP contribution in [0.4, 0.5) is 5.69 Å². The quantitative estimate of drug-likeness (QED) is 0.903. The number of halogens is 1. The molecule has 0 aliphatic heterocycles. The number of pyridine rings is 1. The summed E-state index contributed by atoms with van der Waals surface area (Å²) in [6.07, 6.45) is 1.69. The van der Waals surface area contributed by atoms with Gasteiger partial charge in [-0.2, -0.15) is 0 Å². The molecule has 1 heterocycles. The highest BCUT2D eigenvalue weighted by Gasteiger charge is 2.18. The Morgan fingerprint density at radius 1 is 1.18 bits per heavy atom. The molecule has 1 aromatic heterocycles. The highest BCUT2D eigenvalue weighted by Crippen LogP contribution is 2.18. The summed E-state index contributed by atoms with van der Waals surface area (Å²) in [5, 5.41) is 2.90. The molecule has 1 amide bonds. The second kappa shape index (κ2) is 6.48. The van der Waals surface area contributed by atoms with Crippen LogP contribution in [0.2, 0.25) is 0 Å². The Morgan fingerprint density at radius 3 is 2.55 bits per heavy atom. The minimum Gasteiger partial charge on any atom is -0.324 e. The van der Waals surface area contributed by atoms with Crippen LogP contribution in [0.1, 0.15) is 29.7 Å². The number of aryl methyl sites for hydroxylation is 3. The van der Waals surface area contributed by atoms with Crippen molar-refractivity contribution in [3.05, 3.63) is 62.0 Å². The van der Waals surface area contributed by atoms with E-state index in [0.717, 1.165) is 22.4 Å². The predicted octanol–water partition coefficient (Wildman–Crippen LogP) is 3.74. The molecule has 0 fully saturated rings. The van der Waals surface area contributed by atoms with Crippen molar-refractivity contribution in [1.82, 2.24) is 4.57 Å². The molecular weight excluding hydrogens is 344 g/mol. The number of amides is 1. The van der Waals surface area contributed by atoms with E-state index in [-0.39, 0.29) is 11.5 Å². The van der Waals surface area contributed by atoms with Crippen LogP contribution in [0.25, 0.3) is 0 Å². The second-order valence-electron chi connectivity index (χ2n) is 5.56. The molecule has 0 bridgehead atoms. The van der Waals surface area contributed by atoms with Crippen molar-refractivity contribution in [3.63, 3.8) is 0 Å². The Balaban J connectivity index is 2.30. The average Bonchev–Trinajstić information content (AvgIpc) is 2.45. The maximum atomic E-state index is 12.5. The summed E-state index contributed by atoms with van der Waals surface area (Å²) in [7, 11) is 0. The minimum absolute atomic E-state index is 0.214. The first-order valence-electron chi connectivity index (χ1n) is 7.06. The van der Waals surface area contributed by atoms with Crippen LogP contribution in [-0.2, 0) is 4.79 Å². The fourth-order valence-electron chi connectivity index (χ4n) is 2.22. The SMILES string of the molecule is Cc1ccc(C)c(NC(=O)C(C)n2cc(C)cc(Br)c2=O)c1. The molecule has 1 N–H and O–H groups in total. The van der Waals surface area contributed by atoms with E-state index < -0.39 is 6.04 Å². The Hall–Kier alpha value is -1.88. The summed E-state index contributed by atoms with van der Waals surface area (Å²) in [5.74, 6) is -0.215. The molecule has 0 aliphatic rings. The summed E-state index contributed by atoms with van der Waals surface area (Å²) in [6, 6.07) is 7.04. The van der Waals surface area contributed by atoms with Crippen LogP contribution in [0.5, 0.6) is 0 Å². The molecule has 2 rings (SSSR count). The molecule has 0 spiro atoms. The maximum absolute atomic E-state index is 12.5. The Morgan fingerprint density at radius 2 is 1.86 bits per heavy atom.